The number of β-lactam (4-membered cyclic amide) rings is 1. The van der Waals surface area contributed by atoms with Crippen LogP contribution in [0.15, 0.2) is 16.5 Å². The van der Waals surface area contributed by atoms with Crippen molar-refractivity contribution in [1.29, 1.82) is 0 Å². The molecule has 1 aromatic heterocycles. The number of thiophene rings is 1. The minimum absolute atomic E-state index is 0.0758. The topological polar surface area (TPSA) is 98.1 Å². The lowest BCUT2D eigenvalue weighted by Gasteiger charge is -2.44. The first-order chi connectivity index (χ1) is 11.3. The zero-order valence-corrected chi connectivity index (χ0v) is 14.3. The van der Waals surface area contributed by atoms with Gasteiger partial charge in [0, 0.05) is 25.0 Å². The standard InChI is InChI=1S/C16H18N2O5S/c1-7(19)12-11-4-8(13(16(22)23)18(11)15(12)21)9-5-24-6-10(9)14(20)17(2)3/h5-7,11-12,19H,4H2,1-3H3,(H,22,23). The van der Waals surface area contributed by atoms with Crippen LogP contribution in [0.1, 0.15) is 29.3 Å². The van der Waals surface area contributed by atoms with Crippen LogP contribution in [-0.4, -0.2) is 64.0 Å². The molecule has 2 amide bonds. The molecule has 1 fully saturated rings. The fourth-order valence-corrected chi connectivity index (χ4v) is 4.28. The number of hydrogen-bond acceptors (Lipinski definition) is 5. The normalized spacial score (nSPS) is 23.8. The quantitative estimate of drug-likeness (QED) is 0.785. The molecule has 0 aliphatic carbocycles. The fraction of sp³-hybridized carbons (Fsp3) is 0.438. The van der Waals surface area contributed by atoms with Crippen molar-refractivity contribution in [2.45, 2.75) is 25.5 Å². The Kier molecular flexibility index (Phi) is 3.97. The van der Waals surface area contributed by atoms with Gasteiger partial charge in [-0.25, -0.2) is 4.79 Å². The van der Waals surface area contributed by atoms with E-state index in [-0.39, 0.29) is 23.6 Å². The van der Waals surface area contributed by atoms with Crippen LogP contribution >= 0.6 is 11.3 Å². The minimum Gasteiger partial charge on any atom is -0.477 e. The van der Waals surface area contributed by atoms with Gasteiger partial charge in [-0.15, -0.1) is 0 Å². The number of nitrogens with zero attached hydrogens (tertiary/aromatic N) is 2. The van der Waals surface area contributed by atoms with E-state index < -0.39 is 18.0 Å². The summed E-state index contributed by atoms with van der Waals surface area (Å²) in [6, 6.07) is -0.360. The Balaban J connectivity index is 2.06. The van der Waals surface area contributed by atoms with Crippen LogP contribution in [0, 0.1) is 5.92 Å². The summed E-state index contributed by atoms with van der Waals surface area (Å²) in [5.74, 6) is -2.38. The predicted molar refractivity (Wildman–Crippen MR) is 87.3 cm³/mol. The molecule has 1 saturated heterocycles. The third kappa shape index (κ3) is 2.25. The predicted octanol–water partition coefficient (Wildman–Crippen LogP) is 0.857. The van der Waals surface area contributed by atoms with Crippen LogP contribution in [0.25, 0.3) is 5.57 Å². The maximum absolute atomic E-state index is 12.3. The molecule has 3 heterocycles. The van der Waals surface area contributed by atoms with E-state index in [4.69, 9.17) is 0 Å². The number of aliphatic carboxylic acids is 1. The lowest BCUT2D eigenvalue weighted by molar-refractivity contribution is -0.161. The molecular formula is C16H18N2O5S. The molecule has 2 aliphatic rings. The largest absolute Gasteiger partial charge is 0.477 e. The molecule has 2 N–H and O–H groups in total. The van der Waals surface area contributed by atoms with E-state index in [0.29, 0.717) is 23.1 Å². The number of carbonyl (C=O) groups is 3. The monoisotopic (exact) mass is 350 g/mol. The van der Waals surface area contributed by atoms with Gasteiger partial charge in [-0.05, 0) is 24.3 Å². The number of carboxylic acid groups (broad SMARTS) is 1. The summed E-state index contributed by atoms with van der Waals surface area (Å²) in [5.41, 5.74) is 1.40. The Morgan fingerprint density at radius 1 is 1.38 bits per heavy atom. The molecule has 0 radical (unpaired) electrons. The average Bonchev–Trinajstić information content (AvgIpc) is 3.07. The van der Waals surface area contributed by atoms with Crippen molar-refractivity contribution in [2.24, 2.45) is 5.92 Å². The molecule has 8 heteroatoms. The second kappa shape index (κ2) is 5.71. The van der Waals surface area contributed by atoms with Gasteiger partial charge in [0.1, 0.15) is 5.70 Å². The molecule has 3 unspecified atom stereocenters. The summed E-state index contributed by atoms with van der Waals surface area (Å²) in [5, 5.41) is 22.8. The number of fused-ring (bicyclic) bond motifs is 1. The van der Waals surface area contributed by atoms with Gasteiger partial charge in [0.25, 0.3) is 5.91 Å². The van der Waals surface area contributed by atoms with Gasteiger partial charge in [-0.1, -0.05) is 0 Å². The SMILES string of the molecule is CC(O)C1C(=O)N2C(C(=O)O)=C(c3cscc3C(=O)N(C)C)CC12. The van der Waals surface area contributed by atoms with Crippen molar-refractivity contribution < 1.29 is 24.6 Å². The number of rotatable bonds is 4. The van der Waals surface area contributed by atoms with Crippen molar-refractivity contribution in [1.82, 2.24) is 9.80 Å². The molecule has 0 aromatic carbocycles. The van der Waals surface area contributed by atoms with Crippen molar-refractivity contribution >= 4 is 34.7 Å². The molecule has 0 bridgehead atoms. The number of hydrogen-bond donors (Lipinski definition) is 2. The van der Waals surface area contributed by atoms with Crippen molar-refractivity contribution in [2.75, 3.05) is 14.1 Å². The smallest absolute Gasteiger partial charge is 0.352 e. The number of carboxylic acids is 1. The van der Waals surface area contributed by atoms with E-state index in [2.05, 4.69) is 0 Å². The first-order valence-corrected chi connectivity index (χ1v) is 8.45. The van der Waals surface area contributed by atoms with Gasteiger partial charge in [-0.2, -0.15) is 11.3 Å². The fourth-order valence-electron chi connectivity index (χ4n) is 3.45. The molecular weight excluding hydrogens is 332 g/mol. The summed E-state index contributed by atoms with van der Waals surface area (Å²) < 4.78 is 0. The van der Waals surface area contributed by atoms with Crippen molar-refractivity contribution in [3.05, 3.63) is 27.6 Å². The maximum Gasteiger partial charge on any atom is 0.352 e. The highest BCUT2D eigenvalue weighted by atomic mass is 32.1. The molecule has 0 spiro atoms. The highest BCUT2D eigenvalue weighted by Crippen LogP contribution is 2.47. The Morgan fingerprint density at radius 2 is 2.04 bits per heavy atom. The average molecular weight is 350 g/mol. The Morgan fingerprint density at radius 3 is 2.58 bits per heavy atom. The Bertz CT molecular complexity index is 764. The first kappa shape index (κ1) is 16.7. The zero-order valence-electron chi connectivity index (χ0n) is 13.5. The first-order valence-electron chi connectivity index (χ1n) is 7.51. The maximum atomic E-state index is 12.3. The van der Waals surface area contributed by atoms with Crippen molar-refractivity contribution in [3.63, 3.8) is 0 Å². The van der Waals surface area contributed by atoms with Gasteiger partial charge in [0.2, 0.25) is 5.91 Å². The summed E-state index contributed by atoms with van der Waals surface area (Å²) in [6.07, 6.45) is -0.508. The van der Waals surface area contributed by atoms with Crippen LogP contribution in [0.5, 0.6) is 0 Å². The molecule has 0 saturated carbocycles. The minimum atomic E-state index is -1.20. The van der Waals surface area contributed by atoms with Crippen LogP contribution in [-0.2, 0) is 9.59 Å². The summed E-state index contributed by atoms with van der Waals surface area (Å²) in [6.45, 7) is 1.53. The van der Waals surface area contributed by atoms with Crippen LogP contribution in [0.3, 0.4) is 0 Å². The lowest BCUT2D eigenvalue weighted by Crippen LogP contribution is -2.61. The highest BCUT2D eigenvalue weighted by molar-refractivity contribution is 7.08. The van der Waals surface area contributed by atoms with Crippen molar-refractivity contribution in [3.8, 4) is 0 Å². The number of amides is 2. The number of carbonyl (C=O) groups excluding carboxylic acids is 2. The Hall–Kier alpha value is -2.19. The molecule has 24 heavy (non-hydrogen) atoms. The summed E-state index contributed by atoms with van der Waals surface area (Å²) >= 11 is 1.32. The van der Waals surface area contributed by atoms with Gasteiger partial charge < -0.3 is 20.0 Å². The van der Waals surface area contributed by atoms with Gasteiger partial charge >= 0.3 is 5.97 Å². The second-order valence-electron chi connectivity index (χ2n) is 6.28. The van der Waals surface area contributed by atoms with E-state index in [0.717, 1.165) is 0 Å². The Labute approximate surface area is 142 Å². The molecule has 2 aliphatic heterocycles. The molecule has 3 atom stereocenters. The van der Waals surface area contributed by atoms with E-state index in [1.54, 1.807) is 24.9 Å². The summed E-state index contributed by atoms with van der Waals surface area (Å²) in [4.78, 5) is 39.0. The van der Waals surface area contributed by atoms with E-state index in [9.17, 15) is 24.6 Å². The highest BCUT2D eigenvalue weighted by Gasteiger charge is 2.57. The van der Waals surface area contributed by atoms with Gasteiger partial charge in [0.15, 0.2) is 0 Å². The van der Waals surface area contributed by atoms with E-state index in [1.165, 1.54) is 28.1 Å². The third-order valence-corrected chi connectivity index (χ3v) is 5.30. The van der Waals surface area contributed by atoms with Crippen LogP contribution in [0.4, 0.5) is 0 Å². The van der Waals surface area contributed by atoms with Gasteiger partial charge in [-0.3, -0.25) is 9.59 Å². The van der Waals surface area contributed by atoms with Crippen LogP contribution < -0.4 is 0 Å². The van der Waals surface area contributed by atoms with E-state index in [1.807, 2.05) is 0 Å². The number of aliphatic hydroxyl groups is 1. The molecule has 128 valence electrons. The second-order valence-corrected chi connectivity index (χ2v) is 7.02. The molecule has 7 nitrogen and oxygen atoms in total. The molecule has 1 aromatic rings. The van der Waals surface area contributed by atoms with E-state index >= 15 is 0 Å². The van der Waals surface area contributed by atoms with Crippen LogP contribution in [0.2, 0.25) is 0 Å². The van der Waals surface area contributed by atoms with Gasteiger partial charge in [0.05, 0.1) is 23.6 Å². The zero-order chi connectivity index (χ0) is 17.8. The number of aliphatic hydroxyl groups excluding tert-OH is 1. The molecule has 3 rings (SSSR count). The third-order valence-electron chi connectivity index (χ3n) is 4.55. The summed E-state index contributed by atoms with van der Waals surface area (Å²) in [7, 11) is 3.26. The lowest BCUT2D eigenvalue weighted by atomic mass is 9.82.